The van der Waals surface area contributed by atoms with Gasteiger partial charge in [-0.1, -0.05) is 15.9 Å². The molecule has 0 aliphatic rings. The summed E-state index contributed by atoms with van der Waals surface area (Å²) in [5.41, 5.74) is 1.78. The zero-order chi connectivity index (χ0) is 10.8. The van der Waals surface area contributed by atoms with Crippen LogP contribution in [0.5, 0.6) is 0 Å². The number of aromatic nitrogens is 1. The Bertz CT molecular complexity index is 486. The molecule has 5 heteroatoms. The SMILES string of the molecule is ClCc1ncoc1-c1cc(Br)ccc1I. The minimum atomic E-state index is 0.356. The number of rotatable bonds is 2. The van der Waals surface area contributed by atoms with Crippen molar-refractivity contribution in [3.63, 3.8) is 0 Å². The Morgan fingerprint density at radius 1 is 1.47 bits per heavy atom. The zero-order valence-corrected chi connectivity index (χ0v) is 12.0. The maximum Gasteiger partial charge on any atom is 0.181 e. The van der Waals surface area contributed by atoms with Gasteiger partial charge >= 0.3 is 0 Å². The second-order valence-corrected chi connectivity index (χ2v) is 5.23. The summed E-state index contributed by atoms with van der Waals surface area (Å²) in [5.74, 6) is 1.10. The van der Waals surface area contributed by atoms with Crippen molar-refractivity contribution < 1.29 is 4.42 Å². The van der Waals surface area contributed by atoms with Gasteiger partial charge in [-0.2, -0.15) is 0 Å². The van der Waals surface area contributed by atoms with Crippen molar-refractivity contribution in [2.75, 3.05) is 0 Å². The van der Waals surface area contributed by atoms with Gasteiger partial charge in [-0.25, -0.2) is 4.98 Å². The Labute approximate surface area is 114 Å². The highest BCUT2D eigenvalue weighted by molar-refractivity contribution is 14.1. The normalized spacial score (nSPS) is 10.6. The third-order valence-electron chi connectivity index (χ3n) is 1.94. The van der Waals surface area contributed by atoms with Crippen LogP contribution in [-0.2, 0) is 5.88 Å². The van der Waals surface area contributed by atoms with E-state index in [1.165, 1.54) is 6.39 Å². The highest BCUT2D eigenvalue weighted by atomic mass is 127. The van der Waals surface area contributed by atoms with Gasteiger partial charge in [-0.3, -0.25) is 0 Å². The minimum absolute atomic E-state index is 0.356. The smallest absolute Gasteiger partial charge is 0.181 e. The van der Waals surface area contributed by atoms with E-state index in [1.807, 2.05) is 18.2 Å². The molecule has 0 N–H and O–H groups in total. The van der Waals surface area contributed by atoms with Crippen LogP contribution in [0.4, 0.5) is 0 Å². The van der Waals surface area contributed by atoms with E-state index in [0.29, 0.717) is 5.88 Å². The van der Waals surface area contributed by atoms with E-state index in [9.17, 15) is 0 Å². The number of hydrogen-bond acceptors (Lipinski definition) is 2. The lowest BCUT2D eigenvalue weighted by molar-refractivity contribution is 0.571. The van der Waals surface area contributed by atoms with Crippen LogP contribution in [0.2, 0.25) is 0 Å². The number of benzene rings is 1. The summed E-state index contributed by atoms with van der Waals surface area (Å²) in [7, 11) is 0. The first-order chi connectivity index (χ1) is 7.22. The maximum absolute atomic E-state index is 5.78. The molecule has 2 nitrogen and oxygen atoms in total. The second-order valence-electron chi connectivity index (χ2n) is 2.89. The maximum atomic E-state index is 5.78. The van der Waals surface area contributed by atoms with Crippen molar-refractivity contribution in [1.82, 2.24) is 4.98 Å². The number of halogens is 3. The monoisotopic (exact) mass is 397 g/mol. The number of hydrogen-bond donors (Lipinski definition) is 0. The predicted molar refractivity (Wildman–Crippen MR) is 71.9 cm³/mol. The van der Waals surface area contributed by atoms with Gasteiger partial charge < -0.3 is 4.42 Å². The van der Waals surface area contributed by atoms with Gasteiger partial charge in [-0.05, 0) is 40.8 Å². The number of nitrogens with zero attached hydrogens (tertiary/aromatic N) is 1. The summed E-state index contributed by atoms with van der Waals surface area (Å²) in [6.45, 7) is 0. The van der Waals surface area contributed by atoms with Crippen molar-refractivity contribution in [3.8, 4) is 11.3 Å². The molecule has 0 amide bonds. The Balaban J connectivity index is 2.58. The van der Waals surface area contributed by atoms with E-state index < -0.39 is 0 Å². The fraction of sp³-hybridized carbons (Fsp3) is 0.100. The molecular formula is C10H6BrClINO. The fourth-order valence-corrected chi connectivity index (χ4v) is 2.39. The van der Waals surface area contributed by atoms with Gasteiger partial charge in [0.25, 0.3) is 0 Å². The van der Waals surface area contributed by atoms with Gasteiger partial charge in [0.15, 0.2) is 12.2 Å². The highest BCUT2D eigenvalue weighted by Crippen LogP contribution is 2.31. The van der Waals surface area contributed by atoms with Crippen LogP contribution in [0.15, 0.2) is 33.5 Å². The summed E-state index contributed by atoms with van der Waals surface area (Å²) < 4.78 is 7.48. The van der Waals surface area contributed by atoms with Crippen LogP contribution >= 0.6 is 50.1 Å². The van der Waals surface area contributed by atoms with Gasteiger partial charge in [0, 0.05) is 13.6 Å². The number of oxazole rings is 1. The van der Waals surface area contributed by atoms with Gasteiger partial charge in [-0.15, -0.1) is 11.6 Å². The molecule has 0 spiro atoms. The average molecular weight is 398 g/mol. The van der Waals surface area contributed by atoms with Crippen molar-refractivity contribution in [2.45, 2.75) is 5.88 Å². The topological polar surface area (TPSA) is 26.0 Å². The van der Waals surface area contributed by atoms with Crippen LogP contribution in [0.3, 0.4) is 0 Å². The largest absolute Gasteiger partial charge is 0.443 e. The quantitative estimate of drug-likeness (QED) is 0.552. The standard InChI is InChI=1S/C10H6BrClINO/c11-6-1-2-8(13)7(3-6)10-9(4-12)14-5-15-10/h1-3,5H,4H2. The summed E-state index contributed by atoms with van der Waals surface area (Å²) in [6, 6.07) is 6.00. The van der Waals surface area contributed by atoms with Crippen LogP contribution in [0.1, 0.15) is 5.69 Å². The summed E-state index contributed by atoms with van der Waals surface area (Å²) in [6.07, 6.45) is 1.42. The molecule has 1 heterocycles. The van der Waals surface area contributed by atoms with Crippen molar-refractivity contribution in [1.29, 1.82) is 0 Å². The van der Waals surface area contributed by atoms with Crippen molar-refractivity contribution in [3.05, 3.63) is 38.3 Å². The Morgan fingerprint density at radius 3 is 3.00 bits per heavy atom. The van der Waals surface area contributed by atoms with Crippen LogP contribution in [0, 0.1) is 3.57 Å². The molecule has 0 bridgehead atoms. The lowest BCUT2D eigenvalue weighted by Crippen LogP contribution is -1.86. The van der Waals surface area contributed by atoms with E-state index >= 15 is 0 Å². The molecule has 0 fully saturated rings. The van der Waals surface area contributed by atoms with E-state index in [-0.39, 0.29) is 0 Å². The molecule has 0 radical (unpaired) electrons. The van der Waals surface area contributed by atoms with Crippen molar-refractivity contribution >= 4 is 50.1 Å². The fourth-order valence-electron chi connectivity index (χ4n) is 1.25. The second kappa shape index (κ2) is 4.84. The van der Waals surface area contributed by atoms with Gasteiger partial charge in [0.1, 0.15) is 5.69 Å². The molecular weight excluding hydrogens is 392 g/mol. The molecule has 0 unspecified atom stereocenters. The first-order valence-electron chi connectivity index (χ1n) is 4.16. The first kappa shape index (κ1) is 11.4. The molecule has 78 valence electrons. The lowest BCUT2D eigenvalue weighted by Gasteiger charge is -2.02. The third-order valence-corrected chi connectivity index (χ3v) is 3.63. The molecule has 1 aromatic carbocycles. The minimum Gasteiger partial charge on any atom is -0.443 e. The highest BCUT2D eigenvalue weighted by Gasteiger charge is 2.12. The van der Waals surface area contributed by atoms with E-state index in [0.717, 1.165) is 25.1 Å². The summed E-state index contributed by atoms with van der Waals surface area (Å²) in [4.78, 5) is 4.06. The first-order valence-corrected chi connectivity index (χ1v) is 6.56. The zero-order valence-electron chi connectivity index (χ0n) is 7.51. The Kier molecular flexibility index (Phi) is 3.69. The molecule has 0 aliphatic carbocycles. The van der Waals surface area contributed by atoms with Crippen molar-refractivity contribution in [2.24, 2.45) is 0 Å². The van der Waals surface area contributed by atoms with Gasteiger partial charge in [0.2, 0.25) is 0 Å². The molecule has 0 saturated carbocycles. The molecule has 2 rings (SSSR count). The molecule has 15 heavy (non-hydrogen) atoms. The number of alkyl halides is 1. The van der Waals surface area contributed by atoms with E-state index in [2.05, 4.69) is 43.5 Å². The molecule has 0 atom stereocenters. The molecule has 1 aromatic heterocycles. The molecule has 0 saturated heterocycles. The van der Waals surface area contributed by atoms with Crippen LogP contribution in [-0.4, -0.2) is 4.98 Å². The summed E-state index contributed by atoms with van der Waals surface area (Å²) in [5, 5.41) is 0. The summed E-state index contributed by atoms with van der Waals surface area (Å²) >= 11 is 11.5. The molecule has 0 aliphatic heterocycles. The third kappa shape index (κ3) is 2.37. The lowest BCUT2D eigenvalue weighted by atomic mass is 10.1. The Hall–Kier alpha value is -0.0700. The van der Waals surface area contributed by atoms with Crippen LogP contribution < -0.4 is 0 Å². The van der Waals surface area contributed by atoms with Crippen LogP contribution in [0.25, 0.3) is 11.3 Å². The van der Waals surface area contributed by atoms with Gasteiger partial charge in [0.05, 0.1) is 5.88 Å². The van der Waals surface area contributed by atoms with E-state index in [1.54, 1.807) is 0 Å². The van der Waals surface area contributed by atoms with E-state index in [4.69, 9.17) is 16.0 Å². The average Bonchev–Trinajstić information content (AvgIpc) is 2.69. The predicted octanol–water partition coefficient (Wildman–Crippen LogP) is 4.45. The Morgan fingerprint density at radius 2 is 2.27 bits per heavy atom. The molecule has 2 aromatic rings.